The van der Waals surface area contributed by atoms with E-state index >= 15 is 0 Å². The normalized spacial score (nSPS) is 10.6. The Morgan fingerprint density at radius 2 is 2.04 bits per heavy atom. The Bertz CT molecular complexity index is 942. The van der Waals surface area contributed by atoms with Crippen LogP contribution < -0.4 is 9.47 Å². The molecule has 1 N–H and O–H groups in total. The Morgan fingerprint density at radius 3 is 2.71 bits per heavy atom. The summed E-state index contributed by atoms with van der Waals surface area (Å²) in [5.41, 5.74) is 1.34. The highest BCUT2D eigenvalue weighted by atomic mass is 32.1. The van der Waals surface area contributed by atoms with Gasteiger partial charge in [0, 0.05) is 15.6 Å². The van der Waals surface area contributed by atoms with Crippen LogP contribution in [-0.4, -0.2) is 24.5 Å². The minimum atomic E-state index is -1.06. The molecule has 0 aliphatic heterocycles. The number of aryl methyl sites for hydroxylation is 1. The predicted octanol–water partition coefficient (Wildman–Crippen LogP) is 4.52. The fourth-order valence-electron chi connectivity index (χ4n) is 2.44. The SMILES string of the molecule is COc1cc2sc(C(=O)O)c(Oc3cccc(C=O)c3)c2cc1C. The maximum atomic E-state index is 11.6. The molecule has 6 heteroatoms. The van der Waals surface area contributed by atoms with Gasteiger partial charge >= 0.3 is 5.97 Å². The molecule has 122 valence electrons. The Labute approximate surface area is 142 Å². The zero-order valence-electron chi connectivity index (χ0n) is 13.0. The second-order valence-corrected chi connectivity index (χ2v) is 6.23. The van der Waals surface area contributed by atoms with E-state index in [1.54, 1.807) is 37.4 Å². The van der Waals surface area contributed by atoms with Gasteiger partial charge in [0.25, 0.3) is 0 Å². The first-order valence-electron chi connectivity index (χ1n) is 7.11. The van der Waals surface area contributed by atoms with Crippen molar-refractivity contribution in [2.45, 2.75) is 6.92 Å². The van der Waals surface area contributed by atoms with Crippen molar-refractivity contribution in [3.8, 4) is 17.2 Å². The van der Waals surface area contributed by atoms with Crippen molar-refractivity contribution in [2.24, 2.45) is 0 Å². The number of carboxylic acid groups (broad SMARTS) is 1. The van der Waals surface area contributed by atoms with E-state index in [0.717, 1.165) is 21.6 Å². The van der Waals surface area contributed by atoms with Crippen LogP contribution in [0.1, 0.15) is 25.6 Å². The summed E-state index contributed by atoms with van der Waals surface area (Å²) in [6, 6.07) is 10.2. The van der Waals surface area contributed by atoms with Crippen molar-refractivity contribution in [3.63, 3.8) is 0 Å². The Morgan fingerprint density at radius 1 is 1.25 bits per heavy atom. The molecule has 5 nitrogen and oxygen atoms in total. The summed E-state index contributed by atoms with van der Waals surface area (Å²) in [5, 5.41) is 10.2. The number of ether oxygens (including phenoxy) is 2. The van der Waals surface area contributed by atoms with Crippen molar-refractivity contribution in [1.82, 2.24) is 0 Å². The third-order valence-corrected chi connectivity index (χ3v) is 4.69. The quantitative estimate of drug-likeness (QED) is 0.690. The number of thiophene rings is 1. The van der Waals surface area contributed by atoms with E-state index in [9.17, 15) is 14.7 Å². The van der Waals surface area contributed by atoms with E-state index in [-0.39, 0.29) is 10.6 Å². The Balaban J connectivity index is 2.17. The smallest absolute Gasteiger partial charge is 0.349 e. The molecule has 0 amide bonds. The molecule has 0 atom stereocenters. The molecule has 0 spiro atoms. The first kappa shape index (κ1) is 16.0. The first-order chi connectivity index (χ1) is 11.5. The van der Waals surface area contributed by atoms with Gasteiger partial charge in [-0.15, -0.1) is 11.3 Å². The summed E-state index contributed by atoms with van der Waals surface area (Å²) in [7, 11) is 1.57. The maximum Gasteiger partial charge on any atom is 0.349 e. The highest BCUT2D eigenvalue weighted by molar-refractivity contribution is 7.21. The average molecular weight is 342 g/mol. The van der Waals surface area contributed by atoms with Crippen LogP contribution >= 0.6 is 11.3 Å². The molecule has 0 saturated heterocycles. The number of hydrogen-bond donors (Lipinski definition) is 1. The second kappa shape index (κ2) is 6.33. The molecule has 0 saturated carbocycles. The van der Waals surface area contributed by atoms with Crippen molar-refractivity contribution in [1.29, 1.82) is 0 Å². The summed E-state index contributed by atoms with van der Waals surface area (Å²) >= 11 is 1.13. The summed E-state index contributed by atoms with van der Waals surface area (Å²) in [6.07, 6.45) is 0.714. The van der Waals surface area contributed by atoms with Crippen LogP contribution in [0.2, 0.25) is 0 Å². The molecule has 3 aromatic rings. The van der Waals surface area contributed by atoms with E-state index in [4.69, 9.17) is 9.47 Å². The van der Waals surface area contributed by atoms with E-state index in [1.807, 2.05) is 13.0 Å². The van der Waals surface area contributed by atoms with Crippen LogP contribution in [0.25, 0.3) is 10.1 Å². The van der Waals surface area contributed by atoms with E-state index in [1.165, 1.54) is 0 Å². The topological polar surface area (TPSA) is 72.8 Å². The molecule has 0 unspecified atom stereocenters. The van der Waals surface area contributed by atoms with Gasteiger partial charge in [-0.2, -0.15) is 0 Å². The van der Waals surface area contributed by atoms with Gasteiger partial charge in [0.15, 0.2) is 10.6 Å². The monoisotopic (exact) mass is 342 g/mol. The minimum absolute atomic E-state index is 0.106. The van der Waals surface area contributed by atoms with Crippen LogP contribution in [0.15, 0.2) is 36.4 Å². The number of fused-ring (bicyclic) bond motifs is 1. The second-order valence-electron chi connectivity index (χ2n) is 5.18. The van der Waals surface area contributed by atoms with Crippen molar-refractivity contribution < 1.29 is 24.2 Å². The lowest BCUT2D eigenvalue weighted by Gasteiger charge is -2.08. The number of rotatable bonds is 5. The van der Waals surface area contributed by atoms with Crippen LogP contribution in [0.3, 0.4) is 0 Å². The number of hydrogen-bond acceptors (Lipinski definition) is 5. The number of carboxylic acids is 1. The average Bonchev–Trinajstić information content (AvgIpc) is 2.92. The molecule has 0 fully saturated rings. The zero-order valence-corrected chi connectivity index (χ0v) is 13.8. The number of carbonyl (C=O) groups is 2. The van der Waals surface area contributed by atoms with Crippen LogP contribution in [0, 0.1) is 6.92 Å². The molecule has 0 aliphatic rings. The molecule has 24 heavy (non-hydrogen) atoms. The number of benzene rings is 2. The van der Waals surface area contributed by atoms with Gasteiger partial charge in [-0.25, -0.2) is 4.79 Å². The maximum absolute atomic E-state index is 11.6. The van der Waals surface area contributed by atoms with Gasteiger partial charge in [0.1, 0.15) is 17.8 Å². The largest absolute Gasteiger partial charge is 0.496 e. The summed E-state index contributed by atoms with van der Waals surface area (Å²) in [6.45, 7) is 1.88. The van der Waals surface area contributed by atoms with Gasteiger partial charge in [-0.05, 0) is 36.8 Å². The zero-order chi connectivity index (χ0) is 17.3. The fraction of sp³-hybridized carbons (Fsp3) is 0.111. The molecule has 0 aliphatic carbocycles. The summed E-state index contributed by atoms with van der Waals surface area (Å²) in [4.78, 5) is 22.6. The van der Waals surface area contributed by atoms with Crippen LogP contribution in [0.4, 0.5) is 0 Å². The third-order valence-electron chi connectivity index (χ3n) is 3.57. The Hall–Kier alpha value is -2.86. The van der Waals surface area contributed by atoms with Crippen molar-refractivity contribution >= 4 is 33.7 Å². The third kappa shape index (κ3) is 2.83. The molecule has 0 radical (unpaired) electrons. The van der Waals surface area contributed by atoms with Crippen LogP contribution in [-0.2, 0) is 0 Å². The number of aldehydes is 1. The Kier molecular flexibility index (Phi) is 4.22. The van der Waals surface area contributed by atoms with E-state index < -0.39 is 5.97 Å². The molecule has 3 rings (SSSR count). The lowest BCUT2D eigenvalue weighted by molar-refractivity contribution is 0.0699. The van der Waals surface area contributed by atoms with Crippen molar-refractivity contribution in [3.05, 3.63) is 52.4 Å². The molecule has 0 bridgehead atoms. The fourth-order valence-corrected chi connectivity index (χ4v) is 3.42. The highest BCUT2D eigenvalue weighted by Crippen LogP contribution is 2.42. The van der Waals surface area contributed by atoms with Gasteiger partial charge in [0.05, 0.1) is 7.11 Å². The van der Waals surface area contributed by atoms with Crippen LogP contribution in [0.5, 0.6) is 17.2 Å². The lowest BCUT2D eigenvalue weighted by Crippen LogP contribution is -1.96. The van der Waals surface area contributed by atoms with E-state index in [0.29, 0.717) is 28.7 Å². The van der Waals surface area contributed by atoms with E-state index in [2.05, 4.69) is 0 Å². The molecule has 1 heterocycles. The molecule has 2 aromatic carbocycles. The summed E-state index contributed by atoms with van der Waals surface area (Å²) < 4.78 is 11.9. The molecule has 1 aromatic heterocycles. The first-order valence-corrected chi connectivity index (χ1v) is 7.92. The predicted molar refractivity (Wildman–Crippen MR) is 92.0 cm³/mol. The van der Waals surface area contributed by atoms with Gasteiger partial charge in [-0.3, -0.25) is 4.79 Å². The molecular weight excluding hydrogens is 328 g/mol. The standard InChI is InChI=1S/C18H14O5S/c1-10-6-13-15(8-14(10)22-2)24-17(18(20)21)16(13)23-12-5-3-4-11(7-12)9-19/h3-9H,1-2H3,(H,20,21). The van der Waals surface area contributed by atoms with Gasteiger partial charge in [-0.1, -0.05) is 12.1 Å². The minimum Gasteiger partial charge on any atom is -0.496 e. The van der Waals surface area contributed by atoms with Gasteiger partial charge < -0.3 is 14.6 Å². The highest BCUT2D eigenvalue weighted by Gasteiger charge is 2.21. The summed E-state index contributed by atoms with van der Waals surface area (Å²) in [5.74, 6) is 0.316. The number of methoxy groups -OCH3 is 1. The number of carbonyl (C=O) groups excluding carboxylic acids is 1. The molecular formula is C18H14O5S. The number of aromatic carboxylic acids is 1. The lowest BCUT2D eigenvalue weighted by atomic mass is 10.1. The van der Waals surface area contributed by atoms with Gasteiger partial charge in [0.2, 0.25) is 0 Å². The van der Waals surface area contributed by atoms with Crippen molar-refractivity contribution in [2.75, 3.05) is 7.11 Å².